The first-order valence-corrected chi connectivity index (χ1v) is 15.1. The fourth-order valence-corrected chi connectivity index (χ4v) is 4.87. The fraction of sp³-hybridized carbons (Fsp3) is 0.657. The van der Waals surface area contributed by atoms with Crippen LogP contribution in [0.15, 0.2) is 24.3 Å². The summed E-state index contributed by atoms with van der Waals surface area (Å²) in [5.41, 5.74) is 5.64. The molecule has 1 aliphatic heterocycles. The summed E-state index contributed by atoms with van der Waals surface area (Å²) in [7, 11) is 0. The molecular weight excluding hydrogens is 560 g/mol. The minimum Gasteiger partial charge on any atom is -0.872 e. The summed E-state index contributed by atoms with van der Waals surface area (Å²) < 4.78 is 0. The van der Waals surface area contributed by atoms with Crippen LogP contribution in [0.25, 0.3) is 0 Å². The maximum Gasteiger partial charge on any atom is 4.00 e. The molecule has 3 rings (SSSR count). The van der Waals surface area contributed by atoms with Crippen LogP contribution in [-0.2, 0) is 45.6 Å². The number of hydrogen-bond acceptors (Lipinski definition) is 6. The fourth-order valence-electron chi connectivity index (χ4n) is 4.87. The Morgan fingerprint density at radius 1 is 0.619 bits per heavy atom. The van der Waals surface area contributed by atoms with Gasteiger partial charge in [0.05, 0.1) is 0 Å². The summed E-state index contributed by atoms with van der Waals surface area (Å²) in [4.78, 5) is 4.80. The van der Waals surface area contributed by atoms with Crippen molar-refractivity contribution in [2.24, 2.45) is 0 Å². The van der Waals surface area contributed by atoms with Crippen LogP contribution in [0.2, 0.25) is 0 Å². The van der Waals surface area contributed by atoms with Gasteiger partial charge < -0.3 is 20.4 Å². The molecule has 42 heavy (non-hydrogen) atoms. The van der Waals surface area contributed by atoms with Crippen molar-refractivity contribution in [1.82, 2.24) is 9.80 Å². The van der Waals surface area contributed by atoms with Crippen molar-refractivity contribution in [3.05, 3.63) is 57.6 Å². The van der Waals surface area contributed by atoms with Crippen molar-refractivity contribution < 1.29 is 42.1 Å². The van der Waals surface area contributed by atoms with Gasteiger partial charge in [-0.05, 0) is 66.4 Å². The third-order valence-electron chi connectivity index (χ3n) is 6.71. The molecule has 1 aliphatic rings. The molecule has 0 bridgehead atoms. The maximum absolute atomic E-state index is 13.1. The molecule has 0 aromatic heterocycles. The number of benzene rings is 2. The van der Waals surface area contributed by atoms with E-state index in [9.17, 15) is 20.4 Å². The predicted octanol–water partition coefficient (Wildman–Crippen LogP) is 4.26. The zero-order valence-electron chi connectivity index (χ0n) is 28.4. The summed E-state index contributed by atoms with van der Waals surface area (Å²) in [6, 6.07) is 8.21. The van der Waals surface area contributed by atoms with Crippen LogP contribution >= 0.6 is 0 Å². The summed E-state index contributed by atoms with van der Waals surface area (Å²) >= 11 is 0. The van der Waals surface area contributed by atoms with Crippen LogP contribution in [-0.4, -0.2) is 48.2 Å². The summed E-state index contributed by atoms with van der Waals surface area (Å²) in [6.45, 7) is 28.4. The molecule has 234 valence electrons. The molecule has 1 heterocycles. The minimum atomic E-state index is -0.417. The Morgan fingerprint density at radius 2 is 0.905 bits per heavy atom. The number of nitrogens with zero attached hydrogens (tertiary/aromatic N) is 2. The van der Waals surface area contributed by atoms with E-state index in [2.05, 4.69) is 77.3 Å². The molecule has 2 aromatic rings. The quantitative estimate of drug-likeness (QED) is 0.477. The van der Waals surface area contributed by atoms with Crippen molar-refractivity contribution in [1.29, 1.82) is 0 Å². The Hall–Kier alpha value is -1.41. The zero-order chi connectivity index (χ0) is 31.7. The van der Waals surface area contributed by atoms with E-state index in [0.29, 0.717) is 13.1 Å². The first-order valence-electron chi connectivity index (χ1n) is 15.1. The normalized spacial score (nSPS) is 14.9. The monoisotopic (exact) mass is 616 g/mol. The molecule has 0 saturated carbocycles. The van der Waals surface area contributed by atoms with E-state index < -0.39 is 12.2 Å². The van der Waals surface area contributed by atoms with Gasteiger partial charge in [-0.15, -0.1) is 23.7 Å². The minimum absolute atomic E-state index is 0. The van der Waals surface area contributed by atoms with Crippen molar-refractivity contribution in [3.63, 3.8) is 0 Å². The molecule has 6 nitrogen and oxygen atoms in total. The Labute approximate surface area is 272 Å². The molecule has 0 atom stereocenters. The second-order valence-corrected chi connectivity index (χ2v) is 14.1. The molecule has 0 aliphatic carbocycles. The van der Waals surface area contributed by atoms with E-state index in [1.54, 1.807) is 27.7 Å². The summed E-state index contributed by atoms with van der Waals surface area (Å²) in [6.07, 6.45) is 0.207. The third-order valence-corrected chi connectivity index (χ3v) is 6.71. The molecule has 0 unspecified atom stereocenters. The van der Waals surface area contributed by atoms with Gasteiger partial charge in [0.2, 0.25) is 0 Å². The average Bonchev–Trinajstić information content (AvgIpc) is 3.01. The van der Waals surface area contributed by atoms with Crippen molar-refractivity contribution >= 4 is 0 Å². The van der Waals surface area contributed by atoms with Crippen LogP contribution < -0.4 is 20.4 Å². The molecule has 1 saturated heterocycles. The largest absolute Gasteiger partial charge is 4.00 e. The van der Waals surface area contributed by atoms with Gasteiger partial charge in [0.15, 0.2) is 0 Å². The van der Waals surface area contributed by atoms with Crippen LogP contribution in [0.1, 0.15) is 109 Å². The van der Waals surface area contributed by atoms with E-state index in [0.717, 1.165) is 66.0 Å². The number of hydrogen-bond donors (Lipinski definition) is 0. The van der Waals surface area contributed by atoms with E-state index in [-0.39, 0.29) is 44.0 Å². The van der Waals surface area contributed by atoms with Crippen molar-refractivity contribution in [2.45, 2.75) is 126 Å². The van der Waals surface area contributed by atoms with Gasteiger partial charge in [-0.2, -0.15) is 0 Å². The van der Waals surface area contributed by atoms with Crippen LogP contribution in [0, 0.1) is 13.8 Å². The first kappa shape index (κ1) is 40.6. The van der Waals surface area contributed by atoms with E-state index in [1.165, 1.54) is 0 Å². The second kappa shape index (κ2) is 17.8. The second-order valence-electron chi connectivity index (χ2n) is 14.1. The number of rotatable bonds is 4. The zero-order valence-corrected chi connectivity index (χ0v) is 30.0. The molecule has 1 fully saturated rings. The smallest absolute Gasteiger partial charge is 0.872 e. The Bertz CT molecular complexity index is 997. The standard InChI is InChI=1S/C29H44N2O2.2C3H7O.Ti/c1-20-14-22(26(32)24(16-20)28(3,4)5)18-30-10-9-11-31(13-12-30)19-23-15-21(2)17-25(27(23)33)29(6,7)8;2*1-3(2)4;/h14-17,32-33H,9-13,18-19H2,1-8H3;2*3H,1-2H3;/q;2*-1;+4/p-2. The van der Waals surface area contributed by atoms with Gasteiger partial charge in [-0.25, -0.2) is 0 Å². The van der Waals surface area contributed by atoms with Gasteiger partial charge in [-0.3, -0.25) is 9.80 Å². The molecular formula is C35H56N2O4Ti. The van der Waals surface area contributed by atoms with Gasteiger partial charge >= 0.3 is 21.7 Å². The van der Waals surface area contributed by atoms with E-state index in [4.69, 9.17) is 0 Å². The van der Waals surface area contributed by atoms with Crippen LogP contribution in [0.4, 0.5) is 0 Å². The van der Waals surface area contributed by atoms with Gasteiger partial charge in [0.25, 0.3) is 0 Å². The molecule has 7 heteroatoms. The SMILES string of the molecule is CC(C)[O-].CC(C)[O-].Cc1cc(CN2CCCN(Cc3cc(C)cc(C(C)(C)C)c3[O-])CC2)c([O-])c(C(C)(C)C)c1.[Ti+4]. The van der Waals surface area contributed by atoms with E-state index >= 15 is 0 Å². The van der Waals surface area contributed by atoms with Crippen LogP contribution in [0.5, 0.6) is 11.5 Å². The van der Waals surface area contributed by atoms with Crippen molar-refractivity contribution in [2.75, 3.05) is 26.2 Å². The Balaban J connectivity index is 0.00000166. The molecule has 0 spiro atoms. The predicted molar refractivity (Wildman–Crippen MR) is 164 cm³/mol. The molecule has 0 N–H and O–H groups in total. The summed E-state index contributed by atoms with van der Waals surface area (Å²) in [5, 5.41) is 45.3. The Morgan fingerprint density at radius 3 is 1.17 bits per heavy atom. The number of aryl methyl sites for hydroxylation is 2. The maximum atomic E-state index is 13.1. The van der Waals surface area contributed by atoms with Gasteiger partial charge in [-0.1, -0.05) is 105 Å². The van der Waals surface area contributed by atoms with Crippen LogP contribution in [0.3, 0.4) is 0 Å². The topological polar surface area (TPSA) is 98.7 Å². The van der Waals surface area contributed by atoms with E-state index in [1.807, 2.05) is 12.1 Å². The van der Waals surface area contributed by atoms with Crippen molar-refractivity contribution in [3.8, 4) is 11.5 Å². The summed E-state index contributed by atoms with van der Waals surface area (Å²) in [5.74, 6) is 0.388. The Kier molecular flexibility index (Phi) is 17.2. The third kappa shape index (κ3) is 14.4. The van der Waals surface area contributed by atoms with Gasteiger partial charge in [0, 0.05) is 26.2 Å². The average molecular weight is 617 g/mol. The first-order chi connectivity index (χ1) is 18.7. The molecule has 2 aromatic carbocycles. The molecule has 0 amide bonds. The van der Waals surface area contributed by atoms with Gasteiger partial charge in [0.1, 0.15) is 0 Å². The molecule has 0 radical (unpaired) electrons.